The zero-order valence-electron chi connectivity index (χ0n) is 10.2. The third kappa shape index (κ3) is 2.56. The highest BCUT2D eigenvalue weighted by molar-refractivity contribution is 5.35. The Kier molecular flexibility index (Phi) is 3.20. The van der Waals surface area contributed by atoms with Gasteiger partial charge < -0.3 is 10.5 Å². The molecule has 1 aromatic carbocycles. The fraction of sp³-hybridized carbons (Fsp3) is 0.571. The molecular formula is C14H21NO. The monoisotopic (exact) mass is 219 g/mol. The summed E-state index contributed by atoms with van der Waals surface area (Å²) in [6, 6.07) is 8.33. The maximum absolute atomic E-state index is 5.83. The van der Waals surface area contributed by atoms with Crippen molar-refractivity contribution in [3.63, 3.8) is 0 Å². The number of nitrogens with two attached hydrogens (primary N) is 1. The third-order valence-corrected chi connectivity index (χ3v) is 3.29. The number of para-hydroxylation sites is 1. The van der Waals surface area contributed by atoms with E-state index in [9.17, 15) is 0 Å². The quantitative estimate of drug-likeness (QED) is 0.826. The van der Waals surface area contributed by atoms with Crippen molar-refractivity contribution < 1.29 is 4.74 Å². The van der Waals surface area contributed by atoms with E-state index in [2.05, 4.69) is 32.0 Å². The highest BCUT2D eigenvalue weighted by atomic mass is 16.5. The van der Waals surface area contributed by atoms with E-state index in [-0.39, 0.29) is 6.10 Å². The first-order valence-corrected chi connectivity index (χ1v) is 6.10. The Morgan fingerprint density at radius 2 is 2.00 bits per heavy atom. The molecule has 2 rings (SSSR count). The van der Waals surface area contributed by atoms with Gasteiger partial charge in [-0.1, -0.05) is 18.2 Å². The summed E-state index contributed by atoms with van der Waals surface area (Å²) in [7, 11) is 0. The molecule has 0 heterocycles. The molecule has 16 heavy (non-hydrogen) atoms. The zero-order valence-corrected chi connectivity index (χ0v) is 10.2. The molecule has 0 atom stereocenters. The van der Waals surface area contributed by atoms with Crippen LogP contribution in [0.4, 0.5) is 0 Å². The van der Waals surface area contributed by atoms with Gasteiger partial charge >= 0.3 is 0 Å². The molecule has 0 aromatic heterocycles. The van der Waals surface area contributed by atoms with Gasteiger partial charge in [0.05, 0.1) is 6.10 Å². The second-order valence-corrected chi connectivity index (χ2v) is 5.16. The summed E-state index contributed by atoms with van der Waals surface area (Å²) in [5, 5.41) is 0. The first-order valence-electron chi connectivity index (χ1n) is 6.10. The summed E-state index contributed by atoms with van der Waals surface area (Å²) in [6.07, 6.45) is 3.82. The van der Waals surface area contributed by atoms with E-state index in [1.807, 2.05) is 6.07 Å². The Labute approximate surface area is 97.8 Å². The highest BCUT2D eigenvalue weighted by Gasteiger charge is 2.41. The average molecular weight is 219 g/mol. The van der Waals surface area contributed by atoms with Crippen LogP contribution in [0, 0.1) is 5.41 Å². The molecule has 1 aliphatic rings. The fourth-order valence-corrected chi connectivity index (χ4v) is 2.05. The average Bonchev–Trinajstić information content (AvgIpc) is 3.01. The number of ether oxygens (including phenoxy) is 1. The van der Waals surface area contributed by atoms with Gasteiger partial charge in [-0.15, -0.1) is 0 Å². The molecule has 88 valence electrons. The molecule has 2 heteroatoms. The summed E-state index contributed by atoms with van der Waals surface area (Å²) >= 11 is 0. The molecule has 0 amide bonds. The van der Waals surface area contributed by atoms with Crippen molar-refractivity contribution in [3.8, 4) is 5.75 Å². The topological polar surface area (TPSA) is 35.2 Å². The number of benzene rings is 1. The Morgan fingerprint density at radius 3 is 2.56 bits per heavy atom. The Morgan fingerprint density at radius 1 is 1.31 bits per heavy atom. The third-order valence-electron chi connectivity index (χ3n) is 3.29. The Hall–Kier alpha value is -1.02. The second kappa shape index (κ2) is 4.46. The molecule has 2 N–H and O–H groups in total. The first-order chi connectivity index (χ1) is 7.65. The predicted octanol–water partition coefficient (Wildman–Crippen LogP) is 2.76. The molecular weight excluding hydrogens is 198 g/mol. The largest absolute Gasteiger partial charge is 0.491 e. The molecule has 1 aromatic rings. The van der Waals surface area contributed by atoms with E-state index in [1.54, 1.807) is 0 Å². The van der Waals surface area contributed by atoms with Crippen LogP contribution in [0.15, 0.2) is 24.3 Å². The smallest absolute Gasteiger partial charge is 0.122 e. The predicted molar refractivity (Wildman–Crippen MR) is 66.6 cm³/mol. The van der Waals surface area contributed by atoms with Gasteiger partial charge in [-0.2, -0.15) is 0 Å². The van der Waals surface area contributed by atoms with E-state index in [0.717, 1.165) is 18.7 Å². The van der Waals surface area contributed by atoms with E-state index in [1.165, 1.54) is 18.4 Å². The van der Waals surface area contributed by atoms with Gasteiger partial charge in [-0.25, -0.2) is 0 Å². The van der Waals surface area contributed by atoms with Crippen LogP contribution >= 0.6 is 0 Å². The van der Waals surface area contributed by atoms with Gasteiger partial charge in [0, 0.05) is 0 Å². The standard InChI is InChI=1S/C14H21NO/c1-11(2)16-13-6-4-3-5-12(13)9-14(10-15)7-8-14/h3-6,11H,7-10,15H2,1-2H3. The van der Waals surface area contributed by atoms with Crippen LogP contribution in [-0.4, -0.2) is 12.6 Å². The van der Waals surface area contributed by atoms with Gasteiger partial charge in [0.15, 0.2) is 0 Å². The van der Waals surface area contributed by atoms with Gasteiger partial charge in [-0.05, 0) is 56.7 Å². The lowest BCUT2D eigenvalue weighted by Crippen LogP contribution is -2.18. The number of rotatable bonds is 5. The van der Waals surface area contributed by atoms with Gasteiger partial charge in [0.1, 0.15) is 5.75 Å². The van der Waals surface area contributed by atoms with Gasteiger partial charge in [-0.3, -0.25) is 0 Å². The number of hydrogen-bond acceptors (Lipinski definition) is 2. The summed E-state index contributed by atoms with van der Waals surface area (Å²) in [6.45, 7) is 4.92. The minimum absolute atomic E-state index is 0.231. The van der Waals surface area contributed by atoms with Crippen molar-refractivity contribution in [1.82, 2.24) is 0 Å². The maximum Gasteiger partial charge on any atom is 0.122 e. The lowest BCUT2D eigenvalue weighted by atomic mass is 9.96. The van der Waals surface area contributed by atoms with Crippen LogP contribution in [-0.2, 0) is 6.42 Å². The molecule has 0 unspecified atom stereocenters. The van der Waals surface area contributed by atoms with E-state index in [4.69, 9.17) is 10.5 Å². The Bertz CT molecular complexity index is 356. The molecule has 0 bridgehead atoms. The van der Waals surface area contributed by atoms with Crippen LogP contribution in [0.5, 0.6) is 5.75 Å². The number of hydrogen-bond donors (Lipinski definition) is 1. The minimum atomic E-state index is 0.231. The highest BCUT2D eigenvalue weighted by Crippen LogP contribution is 2.48. The lowest BCUT2D eigenvalue weighted by Gasteiger charge is -2.17. The van der Waals surface area contributed by atoms with Crippen LogP contribution < -0.4 is 10.5 Å². The lowest BCUT2D eigenvalue weighted by molar-refractivity contribution is 0.238. The molecule has 1 fully saturated rings. The summed E-state index contributed by atoms with van der Waals surface area (Å²) < 4.78 is 5.82. The molecule has 1 aliphatic carbocycles. The van der Waals surface area contributed by atoms with Crippen LogP contribution in [0.1, 0.15) is 32.3 Å². The van der Waals surface area contributed by atoms with Crippen LogP contribution in [0.3, 0.4) is 0 Å². The molecule has 0 saturated heterocycles. The van der Waals surface area contributed by atoms with Crippen molar-refractivity contribution >= 4 is 0 Å². The summed E-state index contributed by atoms with van der Waals surface area (Å²) in [5.74, 6) is 1.03. The summed E-state index contributed by atoms with van der Waals surface area (Å²) in [4.78, 5) is 0. The SMILES string of the molecule is CC(C)Oc1ccccc1CC1(CN)CC1. The zero-order chi connectivity index (χ0) is 11.6. The molecule has 2 nitrogen and oxygen atoms in total. The minimum Gasteiger partial charge on any atom is -0.491 e. The molecule has 0 spiro atoms. The van der Waals surface area contributed by atoms with Crippen molar-refractivity contribution in [3.05, 3.63) is 29.8 Å². The fourth-order valence-electron chi connectivity index (χ4n) is 2.05. The second-order valence-electron chi connectivity index (χ2n) is 5.16. The van der Waals surface area contributed by atoms with Gasteiger partial charge in [0.25, 0.3) is 0 Å². The van der Waals surface area contributed by atoms with Crippen LogP contribution in [0.2, 0.25) is 0 Å². The summed E-state index contributed by atoms with van der Waals surface area (Å²) in [5.41, 5.74) is 7.50. The van der Waals surface area contributed by atoms with Crippen molar-refractivity contribution in [2.75, 3.05) is 6.54 Å². The van der Waals surface area contributed by atoms with Gasteiger partial charge in [0.2, 0.25) is 0 Å². The van der Waals surface area contributed by atoms with E-state index < -0.39 is 0 Å². The Balaban J connectivity index is 2.13. The van der Waals surface area contributed by atoms with E-state index in [0.29, 0.717) is 5.41 Å². The molecule has 0 radical (unpaired) electrons. The molecule has 1 saturated carbocycles. The van der Waals surface area contributed by atoms with Crippen molar-refractivity contribution in [2.24, 2.45) is 11.1 Å². The maximum atomic E-state index is 5.83. The van der Waals surface area contributed by atoms with E-state index >= 15 is 0 Å². The normalized spacial score (nSPS) is 17.5. The van der Waals surface area contributed by atoms with Crippen LogP contribution in [0.25, 0.3) is 0 Å². The van der Waals surface area contributed by atoms with Crippen molar-refractivity contribution in [2.45, 2.75) is 39.2 Å². The first kappa shape index (κ1) is 11.5. The van der Waals surface area contributed by atoms with Crippen molar-refractivity contribution in [1.29, 1.82) is 0 Å². The molecule has 0 aliphatic heterocycles.